The van der Waals surface area contributed by atoms with Crippen LogP contribution in [0.2, 0.25) is 0 Å². The first kappa shape index (κ1) is 15.8. The molecule has 1 aromatic carbocycles. The minimum atomic E-state index is -0.840. The highest BCUT2D eigenvalue weighted by atomic mass is 16.4. The van der Waals surface area contributed by atoms with Crippen LogP contribution in [0.25, 0.3) is 6.08 Å². The van der Waals surface area contributed by atoms with Crippen LogP contribution in [0.1, 0.15) is 37.7 Å². The van der Waals surface area contributed by atoms with Gasteiger partial charge in [-0.2, -0.15) is 0 Å². The van der Waals surface area contributed by atoms with Gasteiger partial charge in [0, 0.05) is 13.0 Å². The zero-order valence-electron chi connectivity index (χ0n) is 13.2. The highest BCUT2D eigenvalue weighted by molar-refractivity contribution is 5.85. The lowest BCUT2D eigenvalue weighted by Crippen LogP contribution is -2.43. The van der Waals surface area contributed by atoms with Gasteiger partial charge in [-0.1, -0.05) is 48.9 Å². The van der Waals surface area contributed by atoms with E-state index in [0.29, 0.717) is 25.3 Å². The Balaban J connectivity index is 1.55. The maximum Gasteiger partial charge on any atom is 0.326 e. The second-order valence-corrected chi connectivity index (χ2v) is 6.54. The number of hydrogen-bond acceptors (Lipinski definition) is 2. The SMILES string of the molecule is O=C(O)C1C2CCCC2CN1C(=O)CC/C=C/c1ccccc1. The van der Waals surface area contributed by atoms with Gasteiger partial charge in [0.05, 0.1) is 0 Å². The van der Waals surface area contributed by atoms with Crippen LogP contribution in [0.3, 0.4) is 0 Å². The van der Waals surface area contributed by atoms with E-state index >= 15 is 0 Å². The van der Waals surface area contributed by atoms with Gasteiger partial charge in [-0.05, 0) is 36.7 Å². The number of allylic oxidation sites excluding steroid dienone is 1. The molecule has 4 heteroatoms. The molecule has 1 aliphatic carbocycles. The zero-order chi connectivity index (χ0) is 16.2. The number of rotatable bonds is 5. The van der Waals surface area contributed by atoms with Gasteiger partial charge < -0.3 is 10.0 Å². The normalized spacial score (nSPS) is 26.6. The summed E-state index contributed by atoms with van der Waals surface area (Å²) in [6.45, 7) is 0.628. The number of carbonyl (C=O) groups is 2. The van der Waals surface area contributed by atoms with E-state index in [4.69, 9.17) is 0 Å². The van der Waals surface area contributed by atoms with E-state index in [1.54, 1.807) is 4.90 Å². The molecule has 1 aromatic rings. The Morgan fingerprint density at radius 1 is 1.22 bits per heavy atom. The fourth-order valence-electron chi connectivity index (χ4n) is 4.01. The summed E-state index contributed by atoms with van der Waals surface area (Å²) >= 11 is 0. The second kappa shape index (κ2) is 6.99. The van der Waals surface area contributed by atoms with Gasteiger partial charge in [-0.3, -0.25) is 4.79 Å². The number of amides is 1. The van der Waals surface area contributed by atoms with Crippen molar-refractivity contribution < 1.29 is 14.7 Å². The molecule has 1 N–H and O–H groups in total. The summed E-state index contributed by atoms with van der Waals surface area (Å²) in [5, 5.41) is 9.49. The summed E-state index contributed by atoms with van der Waals surface area (Å²) in [5.41, 5.74) is 1.11. The highest BCUT2D eigenvalue weighted by Crippen LogP contribution is 2.42. The first-order valence-corrected chi connectivity index (χ1v) is 8.40. The molecular formula is C19H23NO3. The maximum absolute atomic E-state index is 12.4. The molecule has 1 amide bonds. The van der Waals surface area contributed by atoms with Crippen LogP contribution < -0.4 is 0 Å². The molecule has 2 aliphatic rings. The summed E-state index contributed by atoms with van der Waals surface area (Å²) in [6, 6.07) is 9.35. The average Bonchev–Trinajstić information content (AvgIpc) is 3.12. The van der Waals surface area contributed by atoms with E-state index in [-0.39, 0.29) is 11.8 Å². The molecule has 2 fully saturated rings. The number of nitrogens with zero attached hydrogens (tertiary/aromatic N) is 1. The number of carbonyl (C=O) groups excluding carboxylic acids is 1. The number of carboxylic acids is 1. The van der Waals surface area contributed by atoms with Crippen LogP contribution in [0.4, 0.5) is 0 Å². The Morgan fingerprint density at radius 2 is 2.00 bits per heavy atom. The number of aliphatic carboxylic acids is 1. The monoisotopic (exact) mass is 313 g/mol. The molecule has 0 bridgehead atoms. The first-order valence-electron chi connectivity index (χ1n) is 8.40. The van der Waals surface area contributed by atoms with E-state index < -0.39 is 12.0 Å². The van der Waals surface area contributed by atoms with Gasteiger partial charge in [0.2, 0.25) is 5.91 Å². The van der Waals surface area contributed by atoms with Crippen molar-refractivity contribution in [1.82, 2.24) is 4.90 Å². The number of fused-ring (bicyclic) bond motifs is 1. The van der Waals surface area contributed by atoms with Crippen molar-refractivity contribution in [3.63, 3.8) is 0 Å². The molecule has 0 aromatic heterocycles. The van der Waals surface area contributed by atoms with Crippen LogP contribution in [0, 0.1) is 11.8 Å². The standard InChI is InChI=1S/C19H23NO3/c21-17(12-5-4-9-14-7-2-1-3-8-14)20-13-15-10-6-11-16(15)18(20)19(22)23/h1-4,7-9,15-16,18H,5-6,10-13H2,(H,22,23)/b9-4+. The lowest BCUT2D eigenvalue weighted by atomic mass is 9.94. The van der Waals surface area contributed by atoms with Crippen molar-refractivity contribution in [2.75, 3.05) is 6.54 Å². The Bertz CT molecular complexity index is 596. The predicted molar refractivity (Wildman–Crippen MR) is 88.7 cm³/mol. The topological polar surface area (TPSA) is 57.6 Å². The molecule has 3 atom stereocenters. The molecule has 0 spiro atoms. The first-order chi connectivity index (χ1) is 11.2. The number of hydrogen-bond donors (Lipinski definition) is 1. The molecule has 1 saturated carbocycles. The van der Waals surface area contributed by atoms with Crippen LogP contribution in [-0.4, -0.2) is 34.5 Å². The van der Waals surface area contributed by atoms with E-state index in [2.05, 4.69) is 0 Å². The minimum absolute atomic E-state index is 0.0236. The van der Waals surface area contributed by atoms with E-state index in [1.165, 1.54) is 0 Å². The van der Waals surface area contributed by atoms with Crippen molar-refractivity contribution in [3.8, 4) is 0 Å². The van der Waals surface area contributed by atoms with Crippen molar-refractivity contribution >= 4 is 18.0 Å². The quantitative estimate of drug-likeness (QED) is 0.908. The lowest BCUT2D eigenvalue weighted by Gasteiger charge is -2.24. The fourth-order valence-corrected chi connectivity index (χ4v) is 4.01. The fraction of sp³-hybridized carbons (Fsp3) is 0.474. The van der Waals surface area contributed by atoms with E-state index in [9.17, 15) is 14.7 Å². The second-order valence-electron chi connectivity index (χ2n) is 6.54. The minimum Gasteiger partial charge on any atom is -0.480 e. The summed E-state index contributed by atoms with van der Waals surface area (Å²) < 4.78 is 0. The molecular weight excluding hydrogens is 290 g/mol. The number of benzene rings is 1. The Labute approximate surface area is 136 Å². The largest absolute Gasteiger partial charge is 0.480 e. The number of likely N-dealkylation sites (tertiary alicyclic amines) is 1. The summed E-state index contributed by atoms with van der Waals surface area (Å²) in [6.07, 6.45) is 8.12. The predicted octanol–water partition coefficient (Wildman–Crippen LogP) is 3.19. The molecule has 23 heavy (non-hydrogen) atoms. The number of carboxylic acid groups (broad SMARTS) is 1. The molecule has 1 heterocycles. The van der Waals surface area contributed by atoms with Crippen LogP contribution in [0.15, 0.2) is 36.4 Å². The van der Waals surface area contributed by atoms with Crippen LogP contribution >= 0.6 is 0 Å². The van der Waals surface area contributed by atoms with Gasteiger partial charge in [-0.25, -0.2) is 4.79 Å². The summed E-state index contributed by atoms with van der Waals surface area (Å²) in [4.78, 5) is 25.6. The Morgan fingerprint density at radius 3 is 2.74 bits per heavy atom. The maximum atomic E-state index is 12.4. The molecule has 3 rings (SSSR count). The van der Waals surface area contributed by atoms with Gasteiger partial charge in [0.1, 0.15) is 6.04 Å². The van der Waals surface area contributed by atoms with Crippen LogP contribution in [-0.2, 0) is 9.59 Å². The van der Waals surface area contributed by atoms with E-state index in [1.807, 2.05) is 42.5 Å². The van der Waals surface area contributed by atoms with Gasteiger partial charge in [0.15, 0.2) is 0 Å². The van der Waals surface area contributed by atoms with Crippen molar-refractivity contribution in [3.05, 3.63) is 42.0 Å². The smallest absolute Gasteiger partial charge is 0.326 e. The summed E-state index contributed by atoms with van der Waals surface area (Å²) in [5.74, 6) is -0.312. The van der Waals surface area contributed by atoms with Crippen molar-refractivity contribution in [2.45, 2.75) is 38.1 Å². The molecule has 122 valence electrons. The third-order valence-corrected chi connectivity index (χ3v) is 5.10. The molecule has 4 nitrogen and oxygen atoms in total. The Hall–Kier alpha value is -2.10. The third kappa shape index (κ3) is 3.46. The summed E-state index contributed by atoms with van der Waals surface area (Å²) in [7, 11) is 0. The van der Waals surface area contributed by atoms with Crippen LogP contribution in [0.5, 0.6) is 0 Å². The average molecular weight is 313 g/mol. The van der Waals surface area contributed by atoms with Gasteiger partial charge in [-0.15, -0.1) is 0 Å². The molecule has 3 unspecified atom stereocenters. The zero-order valence-corrected chi connectivity index (χ0v) is 13.2. The van der Waals surface area contributed by atoms with E-state index in [0.717, 1.165) is 24.8 Å². The molecule has 0 radical (unpaired) electrons. The highest BCUT2D eigenvalue weighted by Gasteiger charge is 2.49. The molecule has 1 saturated heterocycles. The van der Waals surface area contributed by atoms with Crippen molar-refractivity contribution in [2.24, 2.45) is 11.8 Å². The third-order valence-electron chi connectivity index (χ3n) is 5.10. The Kier molecular flexibility index (Phi) is 4.79. The molecule has 1 aliphatic heterocycles. The van der Waals surface area contributed by atoms with Crippen molar-refractivity contribution in [1.29, 1.82) is 0 Å². The van der Waals surface area contributed by atoms with Gasteiger partial charge in [0.25, 0.3) is 0 Å². The van der Waals surface area contributed by atoms with Gasteiger partial charge >= 0.3 is 5.97 Å². The lowest BCUT2D eigenvalue weighted by molar-refractivity contribution is -0.149.